The van der Waals surface area contributed by atoms with Crippen molar-refractivity contribution in [2.24, 2.45) is 20.5 Å². The second kappa shape index (κ2) is 11.8. The molecule has 0 unspecified atom stereocenters. The van der Waals surface area contributed by atoms with Crippen molar-refractivity contribution in [1.29, 1.82) is 0 Å². The third-order valence-corrected chi connectivity index (χ3v) is 6.72. The minimum atomic E-state index is -0.500. The molecule has 0 fully saturated rings. The molecule has 0 saturated carbocycles. The number of nitrogens with zero attached hydrogens (tertiary/aromatic N) is 6. The van der Waals surface area contributed by atoms with Crippen LogP contribution in [0.1, 0.15) is 38.6 Å². The number of aromatic nitrogens is 1. The summed E-state index contributed by atoms with van der Waals surface area (Å²) in [6.07, 6.45) is 3.28. The Morgan fingerprint density at radius 2 is 1.46 bits per heavy atom. The Kier molecular flexibility index (Phi) is 8.26. The molecule has 4 rings (SSSR count). The molecule has 6 nitrogen and oxygen atoms in total. The van der Waals surface area contributed by atoms with Gasteiger partial charge in [0.15, 0.2) is 5.82 Å². The molecule has 0 amide bonds. The van der Waals surface area contributed by atoms with Crippen molar-refractivity contribution in [3.8, 4) is 0 Å². The van der Waals surface area contributed by atoms with Crippen LogP contribution < -0.4 is 4.90 Å². The average molecular weight is 489 g/mol. The Hall–Kier alpha value is -3.52. The molecule has 4 aromatic rings. The van der Waals surface area contributed by atoms with Gasteiger partial charge < -0.3 is 4.90 Å². The third-order valence-electron chi connectivity index (χ3n) is 5.62. The first-order chi connectivity index (χ1) is 17.1. The van der Waals surface area contributed by atoms with Gasteiger partial charge in [0.2, 0.25) is 0 Å². The minimum Gasteiger partial charge on any atom is -0.372 e. The first-order valence-electron chi connectivity index (χ1n) is 12.0. The van der Waals surface area contributed by atoms with E-state index >= 15 is 0 Å². The average Bonchev–Trinajstić information content (AvgIpc) is 3.29. The summed E-state index contributed by atoms with van der Waals surface area (Å²) in [7, 11) is 0. The molecule has 0 saturated heterocycles. The quantitative estimate of drug-likeness (QED) is 0.209. The Balaban J connectivity index is 1.43. The van der Waals surface area contributed by atoms with Crippen molar-refractivity contribution in [1.82, 2.24) is 4.98 Å². The molecular weight excluding hydrogens is 459 g/mol. The van der Waals surface area contributed by atoms with Crippen molar-refractivity contribution in [3.05, 3.63) is 71.5 Å². The number of rotatable bonds is 10. The second-order valence-electron chi connectivity index (χ2n) is 8.09. The number of aryl methyl sites for hydroxylation is 1. The number of halogens is 1. The van der Waals surface area contributed by atoms with Crippen LogP contribution in [0.25, 0.3) is 10.2 Å². The van der Waals surface area contributed by atoms with Crippen LogP contribution in [0, 0.1) is 5.82 Å². The second-order valence-corrected chi connectivity index (χ2v) is 9.20. The van der Waals surface area contributed by atoms with E-state index in [9.17, 15) is 4.39 Å². The number of fused-ring (bicyclic) bond motifs is 1. The van der Waals surface area contributed by atoms with Gasteiger partial charge in [0.1, 0.15) is 5.69 Å². The standard InChI is InChI=1S/C27H29FN6S/c1-4-7-8-27-29-25-18-21(12-16-26(25)35-27)32-31-20-11-15-24(23(28)17-20)33-30-19-9-13-22(14-10-19)34(5-2)6-3/h9-18H,4-8H2,1-3H3. The summed E-state index contributed by atoms with van der Waals surface area (Å²) in [5.74, 6) is -0.500. The summed E-state index contributed by atoms with van der Waals surface area (Å²) in [5.41, 5.74) is 3.96. The van der Waals surface area contributed by atoms with Crippen LogP contribution in [-0.2, 0) is 6.42 Å². The Morgan fingerprint density at radius 3 is 2.14 bits per heavy atom. The van der Waals surface area contributed by atoms with Gasteiger partial charge >= 0.3 is 0 Å². The van der Waals surface area contributed by atoms with Crippen molar-refractivity contribution in [3.63, 3.8) is 0 Å². The smallest absolute Gasteiger partial charge is 0.152 e. The molecule has 0 aliphatic heterocycles. The Bertz CT molecular complexity index is 1330. The van der Waals surface area contributed by atoms with Crippen molar-refractivity contribution < 1.29 is 4.39 Å². The molecule has 0 spiro atoms. The molecule has 0 aliphatic rings. The van der Waals surface area contributed by atoms with E-state index in [1.165, 1.54) is 6.07 Å². The van der Waals surface area contributed by atoms with E-state index in [2.05, 4.69) is 46.1 Å². The van der Waals surface area contributed by atoms with Gasteiger partial charge in [-0.3, -0.25) is 0 Å². The molecular formula is C27H29FN6S. The van der Waals surface area contributed by atoms with Crippen molar-refractivity contribution in [2.75, 3.05) is 18.0 Å². The normalized spacial score (nSPS) is 11.8. The lowest BCUT2D eigenvalue weighted by atomic mass is 10.2. The molecule has 1 aromatic heterocycles. The van der Waals surface area contributed by atoms with E-state index in [0.717, 1.165) is 53.3 Å². The van der Waals surface area contributed by atoms with Gasteiger partial charge in [-0.15, -0.1) is 16.5 Å². The molecule has 3 aromatic carbocycles. The lowest BCUT2D eigenvalue weighted by Crippen LogP contribution is -2.21. The van der Waals surface area contributed by atoms with Crippen LogP contribution in [0.15, 0.2) is 81.1 Å². The number of hydrogen-bond donors (Lipinski definition) is 0. The molecule has 0 aliphatic carbocycles. The molecule has 35 heavy (non-hydrogen) atoms. The summed E-state index contributed by atoms with van der Waals surface area (Å²) in [4.78, 5) is 6.93. The predicted octanol–water partition coefficient (Wildman–Crippen LogP) is 9.45. The predicted molar refractivity (Wildman–Crippen MR) is 143 cm³/mol. The number of azo groups is 2. The van der Waals surface area contributed by atoms with Gasteiger partial charge in [-0.25, -0.2) is 9.37 Å². The fourth-order valence-electron chi connectivity index (χ4n) is 3.65. The number of hydrogen-bond acceptors (Lipinski definition) is 7. The Labute approximate surface area is 209 Å². The fraction of sp³-hybridized carbons (Fsp3) is 0.296. The number of benzene rings is 3. The number of anilines is 1. The maximum absolute atomic E-state index is 14.6. The summed E-state index contributed by atoms with van der Waals surface area (Å²) in [6.45, 7) is 8.28. The zero-order chi connectivity index (χ0) is 24.6. The first kappa shape index (κ1) is 24.6. The molecule has 0 N–H and O–H groups in total. The zero-order valence-electron chi connectivity index (χ0n) is 20.3. The van der Waals surface area contributed by atoms with Gasteiger partial charge in [-0.2, -0.15) is 15.3 Å². The topological polar surface area (TPSA) is 65.6 Å². The van der Waals surface area contributed by atoms with Crippen LogP contribution in [0.3, 0.4) is 0 Å². The SMILES string of the molecule is CCCCc1nc2cc(N=Nc3ccc(N=Nc4ccc(N(CC)CC)cc4)c(F)c3)ccc2s1. The monoisotopic (exact) mass is 488 g/mol. The molecule has 0 bridgehead atoms. The van der Waals surface area contributed by atoms with E-state index < -0.39 is 5.82 Å². The fourth-order valence-corrected chi connectivity index (χ4v) is 4.64. The van der Waals surface area contributed by atoms with Crippen molar-refractivity contribution >= 4 is 50.0 Å². The van der Waals surface area contributed by atoms with Gasteiger partial charge in [0.25, 0.3) is 0 Å². The minimum absolute atomic E-state index is 0.153. The van der Waals surface area contributed by atoms with Crippen LogP contribution in [0.5, 0.6) is 0 Å². The lowest BCUT2D eigenvalue weighted by Gasteiger charge is -2.20. The van der Waals surface area contributed by atoms with Gasteiger partial charge in [-0.1, -0.05) is 13.3 Å². The summed E-state index contributed by atoms with van der Waals surface area (Å²) >= 11 is 1.72. The molecule has 0 radical (unpaired) electrons. The van der Waals surface area contributed by atoms with Crippen LogP contribution in [0.2, 0.25) is 0 Å². The van der Waals surface area contributed by atoms with Crippen LogP contribution in [0.4, 0.5) is 32.8 Å². The van der Waals surface area contributed by atoms with Gasteiger partial charge in [0, 0.05) is 24.8 Å². The van der Waals surface area contributed by atoms with E-state index in [0.29, 0.717) is 17.1 Å². The maximum Gasteiger partial charge on any atom is 0.152 e. The zero-order valence-corrected chi connectivity index (χ0v) is 21.1. The highest BCUT2D eigenvalue weighted by molar-refractivity contribution is 7.18. The van der Waals surface area contributed by atoms with E-state index in [1.54, 1.807) is 23.5 Å². The van der Waals surface area contributed by atoms with Crippen LogP contribution >= 0.6 is 11.3 Å². The largest absolute Gasteiger partial charge is 0.372 e. The van der Waals surface area contributed by atoms with Crippen LogP contribution in [-0.4, -0.2) is 18.1 Å². The first-order valence-corrected chi connectivity index (χ1v) is 12.8. The Morgan fingerprint density at radius 1 is 0.800 bits per heavy atom. The lowest BCUT2D eigenvalue weighted by molar-refractivity contribution is 0.628. The highest BCUT2D eigenvalue weighted by Gasteiger charge is 2.06. The highest BCUT2D eigenvalue weighted by atomic mass is 32.1. The molecule has 1 heterocycles. The van der Waals surface area contributed by atoms with Gasteiger partial charge in [-0.05, 0) is 81.3 Å². The van der Waals surface area contributed by atoms with Gasteiger partial charge in [0.05, 0.1) is 32.3 Å². The third kappa shape index (κ3) is 6.33. The van der Waals surface area contributed by atoms with E-state index in [-0.39, 0.29) is 5.69 Å². The molecule has 180 valence electrons. The number of thiazole rings is 1. The van der Waals surface area contributed by atoms with E-state index in [1.807, 2.05) is 42.5 Å². The molecule has 8 heteroatoms. The highest BCUT2D eigenvalue weighted by Crippen LogP contribution is 2.30. The van der Waals surface area contributed by atoms with Crippen molar-refractivity contribution in [2.45, 2.75) is 40.0 Å². The summed E-state index contributed by atoms with van der Waals surface area (Å²) in [5, 5.41) is 17.8. The summed E-state index contributed by atoms with van der Waals surface area (Å²) in [6, 6.07) is 18.1. The van der Waals surface area contributed by atoms with E-state index in [4.69, 9.17) is 4.98 Å². The number of unbranched alkanes of at least 4 members (excludes halogenated alkanes) is 1. The summed E-state index contributed by atoms with van der Waals surface area (Å²) < 4.78 is 15.7. The maximum atomic E-state index is 14.6. The molecule has 0 atom stereocenters.